The lowest BCUT2D eigenvalue weighted by molar-refractivity contribution is 0.104. The number of aliphatic hydroxyl groups excluding tert-OH is 1. The molecule has 0 radical (unpaired) electrons. The van der Waals surface area contributed by atoms with Crippen LogP contribution < -0.4 is 14.2 Å². The van der Waals surface area contributed by atoms with Gasteiger partial charge >= 0.3 is 0 Å². The second-order valence-corrected chi connectivity index (χ2v) is 7.25. The lowest BCUT2D eigenvalue weighted by atomic mass is 9.87. The predicted octanol–water partition coefficient (Wildman–Crippen LogP) is 4.76. The van der Waals surface area contributed by atoms with Crippen molar-refractivity contribution in [3.8, 4) is 23.0 Å². The number of rotatable bonds is 8. The number of para-hydroxylation sites is 1. The Labute approximate surface area is 182 Å². The maximum atomic E-state index is 13.1. The average molecular weight is 424 g/mol. The number of aromatic hydroxyl groups is 1. The molecule has 3 rings (SSSR count). The Kier molecular flexibility index (Phi) is 7.36. The molecule has 31 heavy (non-hydrogen) atoms. The highest BCUT2D eigenvalue weighted by molar-refractivity contribution is 6.11. The molecule has 0 spiro atoms. The summed E-state index contributed by atoms with van der Waals surface area (Å²) < 4.78 is 16.1. The van der Waals surface area contributed by atoms with Crippen LogP contribution in [0.15, 0.2) is 36.4 Å². The molecule has 2 aromatic carbocycles. The smallest absolute Gasteiger partial charge is 0.193 e. The summed E-state index contributed by atoms with van der Waals surface area (Å²) in [6.45, 7) is -0.262. The summed E-state index contributed by atoms with van der Waals surface area (Å²) in [7, 11) is 4.51. The molecule has 0 amide bonds. The quantitative estimate of drug-likeness (QED) is 0.469. The minimum atomic E-state index is -0.415. The third-order valence-corrected chi connectivity index (χ3v) is 5.44. The Balaban J connectivity index is 2.07. The van der Waals surface area contributed by atoms with Crippen LogP contribution in [0, 0.1) is 0 Å². The molecule has 1 aliphatic rings. The molecule has 2 aromatic rings. The number of ketones is 1. The van der Waals surface area contributed by atoms with E-state index in [0.717, 1.165) is 31.3 Å². The number of benzene rings is 2. The first-order valence-corrected chi connectivity index (χ1v) is 10.2. The van der Waals surface area contributed by atoms with Crippen molar-refractivity contribution in [2.24, 2.45) is 0 Å². The Morgan fingerprint density at radius 2 is 1.87 bits per heavy atom. The normalized spacial score (nSPS) is 13.7. The fourth-order valence-electron chi connectivity index (χ4n) is 3.94. The van der Waals surface area contributed by atoms with Crippen LogP contribution in [0.2, 0.25) is 0 Å². The third-order valence-electron chi connectivity index (χ3n) is 5.44. The van der Waals surface area contributed by atoms with Gasteiger partial charge in [-0.2, -0.15) is 0 Å². The number of allylic oxidation sites excluding steroid dienone is 3. The first kappa shape index (κ1) is 22.4. The molecule has 0 aliphatic heterocycles. The van der Waals surface area contributed by atoms with Gasteiger partial charge < -0.3 is 24.4 Å². The Bertz CT molecular complexity index is 1020. The van der Waals surface area contributed by atoms with E-state index in [4.69, 9.17) is 14.2 Å². The maximum absolute atomic E-state index is 13.1. The number of carbonyl (C=O) groups is 1. The lowest BCUT2D eigenvalue weighted by Gasteiger charge is -2.20. The highest BCUT2D eigenvalue weighted by Gasteiger charge is 2.24. The fourth-order valence-corrected chi connectivity index (χ4v) is 3.94. The molecule has 0 bridgehead atoms. The molecular weight excluding hydrogens is 396 g/mol. The topological polar surface area (TPSA) is 85.2 Å². The zero-order chi connectivity index (χ0) is 22.4. The van der Waals surface area contributed by atoms with Gasteiger partial charge in [-0.3, -0.25) is 4.79 Å². The summed E-state index contributed by atoms with van der Waals surface area (Å²) >= 11 is 0. The summed E-state index contributed by atoms with van der Waals surface area (Å²) in [5, 5.41) is 20.9. The number of hydrogen-bond acceptors (Lipinski definition) is 6. The molecule has 0 heterocycles. The number of methoxy groups -OCH3 is 3. The van der Waals surface area contributed by atoms with Gasteiger partial charge in [0.1, 0.15) is 17.1 Å². The van der Waals surface area contributed by atoms with Gasteiger partial charge in [0.25, 0.3) is 0 Å². The van der Waals surface area contributed by atoms with Gasteiger partial charge in [0.05, 0.1) is 27.9 Å². The predicted molar refractivity (Wildman–Crippen MR) is 120 cm³/mol. The molecule has 2 N–H and O–H groups in total. The largest absolute Gasteiger partial charge is 0.506 e. The molecule has 0 saturated heterocycles. The van der Waals surface area contributed by atoms with Crippen LogP contribution in [0.4, 0.5) is 0 Å². The van der Waals surface area contributed by atoms with Crippen molar-refractivity contribution in [1.29, 1.82) is 0 Å². The minimum Gasteiger partial charge on any atom is -0.506 e. The third kappa shape index (κ3) is 4.59. The van der Waals surface area contributed by atoms with E-state index in [2.05, 4.69) is 6.08 Å². The monoisotopic (exact) mass is 424 g/mol. The zero-order valence-corrected chi connectivity index (χ0v) is 18.1. The number of carbonyl (C=O) groups excluding carboxylic acids is 1. The summed E-state index contributed by atoms with van der Waals surface area (Å²) in [4.78, 5) is 13.1. The molecule has 0 unspecified atom stereocenters. The second kappa shape index (κ2) is 10.2. The van der Waals surface area contributed by atoms with Crippen LogP contribution >= 0.6 is 0 Å². The van der Waals surface area contributed by atoms with E-state index in [0.29, 0.717) is 28.2 Å². The summed E-state index contributed by atoms with van der Waals surface area (Å²) in [5.41, 5.74) is 2.74. The Morgan fingerprint density at radius 1 is 1.10 bits per heavy atom. The highest BCUT2D eigenvalue weighted by atomic mass is 16.5. The Hall–Kier alpha value is -3.25. The van der Waals surface area contributed by atoms with E-state index in [1.807, 2.05) is 0 Å². The van der Waals surface area contributed by atoms with Crippen LogP contribution in [-0.4, -0.2) is 37.3 Å². The van der Waals surface area contributed by atoms with Crippen LogP contribution in [0.3, 0.4) is 0 Å². The van der Waals surface area contributed by atoms with Gasteiger partial charge in [0, 0.05) is 11.1 Å². The summed E-state index contributed by atoms with van der Waals surface area (Å²) in [6, 6.07) is 6.99. The molecule has 0 fully saturated rings. The van der Waals surface area contributed by atoms with Crippen LogP contribution in [0.1, 0.15) is 52.7 Å². The van der Waals surface area contributed by atoms with Crippen molar-refractivity contribution in [2.45, 2.75) is 32.3 Å². The van der Waals surface area contributed by atoms with Crippen molar-refractivity contribution in [3.63, 3.8) is 0 Å². The summed E-state index contributed by atoms with van der Waals surface area (Å²) in [5.74, 6) is 0.699. The number of hydrogen-bond donors (Lipinski definition) is 2. The first-order chi connectivity index (χ1) is 15.0. The van der Waals surface area contributed by atoms with E-state index in [1.165, 1.54) is 20.3 Å². The van der Waals surface area contributed by atoms with Crippen LogP contribution in [0.25, 0.3) is 11.6 Å². The fraction of sp³-hybridized carbons (Fsp3) is 0.320. The van der Waals surface area contributed by atoms with E-state index in [-0.39, 0.29) is 23.7 Å². The SMILES string of the molecule is COc1cccc(/C=C/C(=O)c2c(OC)cc(CO)c(C3=CCCCC3)c2O)c1OC. The van der Waals surface area contributed by atoms with Crippen molar-refractivity contribution in [2.75, 3.05) is 21.3 Å². The Morgan fingerprint density at radius 3 is 2.48 bits per heavy atom. The minimum absolute atomic E-state index is 0.0688. The van der Waals surface area contributed by atoms with Crippen LogP contribution in [-0.2, 0) is 6.61 Å². The molecule has 6 heteroatoms. The highest BCUT2D eigenvalue weighted by Crippen LogP contribution is 2.42. The number of ether oxygens (including phenoxy) is 3. The number of phenols is 1. The van der Waals surface area contributed by atoms with Gasteiger partial charge in [-0.15, -0.1) is 0 Å². The van der Waals surface area contributed by atoms with E-state index in [1.54, 1.807) is 37.5 Å². The lowest BCUT2D eigenvalue weighted by Crippen LogP contribution is -2.06. The molecule has 0 aromatic heterocycles. The van der Waals surface area contributed by atoms with E-state index in [9.17, 15) is 15.0 Å². The number of phenolic OH excluding ortho intramolecular Hbond substituents is 1. The molecule has 0 atom stereocenters. The standard InChI is InChI=1S/C25H28O6/c1-29-20-11-7-10-17(25(20)31-3)12-13-19(27)23-21(30-2)14-18(15-26)22(24(23)28)16-8-5-4-6-9-16/h7-8,10-14,26,28H,4-6,9,15H2,1-3H3/b13-12+. The van der Waals surface area contributed by atoms with Crippen molar-refractivity contribution in [1.82, 2.24) is 0 Å². The van der Waals surface area contributed by atoms with Crippen molar-refractivity contribution in [3.05, 3.63) is 58.7 Å². The van der Waals surface area contributed by atoms with Crippen molar-refractivity contribution < 1.29 is 29.2 Å². The number of aliphatic hydroxyl groups is 1. The van der Waals surface area contributed by atoms with E-state index >= 15 is 0 Å². The molecule has 6 nitrogen and oxygen atoms in total. The van der Waals surface area contributed by atoms with Crippen LogP contribution in [0.5, 0.6) is 23.0 Å². The second-order valence-electron chi connectivity index (χ2n) is 7.25. The van der Waals surface area contributed by atoms with Gasteiger partial charge in [-0.25, -0.2) is 0 Å². The first-order valence-electron chi connectivity index (χ1n) is 10.2. The molecular formula is C25H28O6. The molecule has 164 valence electrons. The van der Waals surface area contributed by atoms with Gasteiger partial charge in [0.2, 0.25) is 0 Å². The van der Waals surface area contributed by atoms with Gasteiger partial charge in [-0.05, 0) is 61.1 Å². The van der Waals surface area contributed by atoms with Gasteiger partial charge in [-0.1, -0.05) is 18.2 Å². The molecule has 0 saturated carbocycles. The van der Waals surface area contributed by atoms with Crippen molar-refractivity contribution >= 4 is 17.4 Å². The summed E-state index contributed by atoms with van der Waals surface area (Å²) in [6.07, 6.45) is 8.83. The molecule has 1 aliphatic carbocycles. The zero-order valence-electron chi connectivity index (χ0n) is 18.1. The van der Waals surface area contributed by atoms with Gasteiger partial charge in [0.15, 0.2) is 17.3 Å². The van der Waals surface area contributed by atoms with E-state index < -0.39 is 5.78 Å². The maximum Gasteiger partial charge on any atom is 0.193 e. The average Bonchev–Trinajstić information content (AvgIpc) is 2.81.